The summed E-state index contributed by atoms with van der Waals surface area (Å²) < 4.78 is 0. The van der Waals surface area contributed by atoms with Crippen LogP contribution in [0.4, 0.5) is 0 Å². The number of benzene rings is 1. The van der Waals surface area contributed by atoms with Crippen molar-refractivity contribution in [1.29, 1.82) is 0 Å². The Kier molecular flexibility index (Phi) is 3.61. The summed E-state index contributed by atoms with van der Waals surface area (Å²) in [7, 11) is 0. The van der Waals surface area contributed by atoms with Crippen molar-refractivity contribution in [2.75, 3.05) is 13.1 Å². The Balaban J connectivity index is 1.69. The standard InChI is InChI=1S/C20H24N2O/c1-3-14-12-22-9-7-15(14)10-20(22)13(2)17-6-8-21-19-5-4-16(23)11-18(17)19/h3-6,8,11,13-15,20,23H,1,7,9-10,12H2,2H3/t13-,14?,15?,20?/m1/s1. The first-order valence-corrected chi connectivity index (χ1v) is 8.61. The number of hydrogen-bond acceptors (Lipinski definition) is 3. The lowest BCUT2D eigenvalue weighted by molar-refractivity contribution is 0.00925. The lowest BCUT2D eigenvalue weighted by Crippen LogP contribution is -2.54. The van der Waals surface area contributed by atoms with Crippen LogP contribution < -0.4 is 0 Å². The number of phenols is 1. The van der Waals surface area contributed by atoms with E-state index in [-0.39, 0.29) is 0 Å². The number of pyridine rings is 1. The minimum atomic E-state index is 0.316. The fourth-order valence-electron chi connectivity index (χ4n) is 4.66. The third-order valence-corrected chi connectivity index (χ3v) is 5.98. The molecule has 120 valence electrons. The van der Waals surface area contributed by atoms with Crippen LogP contribution in [0, 0.1) is 11.8 Å². The maximum atomic E-state index is 9.87. The highest BCUT2D eigenvalue weighted by Crippen LogP contribution is 2.42. The van der Waals surface area contributed by atoms with Gasteiger partial charge in [-0.25, -0.2) is 0 Å². The third kappa shape index (κ3) is 2.43. The fourth-order valence-corrected chi connectivity index (χ4v) is 4.66. The molecule has 1 aromatic heterocycles. The van der Waals surface area contributed by atoms with Crippen LogP contribution in [0.1, 0.15) is 31.2 Å². The van der Waals surface area contributed by atoms with E-state index in [9.17, 15) is 5.11 Å². The molecule has 2 aromatic rings. The van der Waals surface area contributed by atoms with E-state index in [1.807, 2.05) is 18.3 Å². The molecule has 3 aliphatic rings. The molecule has 4 unspecified atom stereocenters. The van der Waals surface area contributed by atoms with Crippen LogP contribution in [0.5, 0.6) is 5.75 Å². The molecule has 0 spiro atoms. The van der Waals surface area contributed by atoms with Crippen LogP contribution in [0.25, 0.3) is 10.9 Å². The second-order valence-corrected chi connectivity index (χ2v) is 7.14. The number of hydrogen-bond donors (Lipinski definition) is 1. The molecule has 2 bridgehead atoms. The van der Waals surface area contributed by atoms with Crippen LogP contribution in [0.3, 0.4) is 0 Å². The molecule has 0 aliphatic carbocycles. The Hall–Kier alpha value is -1.87. The van der Waals surface area contributed by atoms with Crippen LogP contribution in [0.2, 0.25) is 0 Å². The van der Waals surface area contributed by atoms with Gasteiger partial charge in [0.15, 0.2) is 0 Å². The van der Waals surface area contributed by atoms with E-state index in [0.717, 1.165) is 23.4 Å². The largest absolute Gasteiger partial charge is 0.508 e. The van der Waals surface area contributed by atoms with Crippen molar-refractivity contribution in [2.45, 2.75) is 31.7 Å². The molecular formula is C20H24N2O. The average molecular weight is 308 g/mol. The topological polar surface area (TPSA) is 36.4 Å². The number of rotatable bonds is 3. The molecule has 0 saturated carbocycles. The summed E-state index contributed by atoms with van der Waals surface area (Å²) in [6.07, 6.45) is 6.60. The van der Waals surface area contributed by atoms with Gasteiger partial charge >= 0.3 is 0 Å². The lowest BCUT2D eigenvalue weighted by atomic mass is 9.71. The van der Waals surface area contributed by atoms with Crippen molar-refractivity contribution in [3.05, 3.63) is 48.7 Å². The first kappa shape index (κ1) is 14.7. The smallest absolute Gasteiger partial charge is 0.116 e. The molecule has 23 heavy (non-hydrogen) atoms. The lowest BCUT2D eigenvalue weighted by Gasteiger charge is -2.51. The SMILES string of the molecule is C=CC1CN2CCC1CC2[C@H](C)c1ccnc2ccc(O)cc12. The normalized spacial score (nSPS) is 31.2. The molecule has 1 aromatic carbocycles. The molecule has 5 rings (SSSR count). The van der Waals surface area contributed by atoms with Crippen molar-refractivity contribution in [3.63, 3.8) is 0 Å². The predicted molar refractivity (Wildman–Crippen MR) is 93.6 cm³/mol. The van der Waals surface area contributed by atoms with Gasteiger partial charge in [0, 0.05) is 24.2 Å². The number of fused-ring (bicyclic) bond motifs is 4. The molecular weight excluding hydrogens is 284 g/mol. The molecule has 5 atom stereocenters. The van der Waals surface area contributed by atoms with Gasteiger partial charge in [0.25, 0.3) is 0 Å². The quantitative estimate of drug-likeness (QED) is 0.873. The molecule has 3 saturated heterocycles. The van der Waals surface area contributed by atoms with Gasteiger partial charge < -0.3 is 5.11 Å². The summed E-state index contributed by atoms with van der Waals surface area (Å²) in [5, 5.41) is 11.0. The van der Waals surface area contributed by atoms with Crippen molar-refractivity contribution >= 4 is 10.9 Å². The zero-order valence-corrected chi connectivity index (χ0v) is 13.7. The van der Waals surface area contributed by atoms with Gasteiger partial charge in [0.1, 0.15) is 5.75 Å². The van der Waals surface area contributed by atoms with Crippen molar-refractivity contribution in [1.82, 2.24) is 9.88 Å². The van der Waals surface area contributed by atoms with Gasteiger partial charge in [0.2, 0.25) is 0 Å². The van der Waals surface area contributed by atoms with Crippen molar-refractivity contribution in [2.24, 2.45) is 11.8 Å². The number of aromatic nitrogens is 1. The number of piperidine rings is 3. The second kappa shape index (κ2) is 5.64. The molecule has 3 aliphatic heterocycles. The van der Waals surface area contributed by atoms with Crippen LogP contribution in [-0.4, -0.2) is 34.1 Å². The highest BCUT2D eigenvalue weighted by Gasteiger charge is 2.41. The average Bonchev–Trinajstić information content (AvgIpc) is 2.60. The zero-order valence-electron chi connectivity index (χ0n) is 13.7. The Morgan fingerprint density at radius 3 is 3.00 bits per heavy atom. The summed E-state index contributed by atoms with van der Waals surface area (Å²) in [6.45, 7) is 8.70. The highest BCUT2D eigenvalue weighted by atomic mass is 16.3. The first-order valence-electron chi connectivity index (χ1n) is 8.61. The van der Waals surface area contributed by atoms with Gasteiger partial charge in [-0.1, -0.05) is 13.0 Å². The number of phenolic OH excluding ortho intramolecular Hbond substituents is 1. The third-order valence-electron chi connectivity index (χ3n) is 5.98. The van der Waals surface area contributed by atoms with E-state index in [4.69, 9.17) is 0 Å². The van der Waals surface area contributed by atoms with E-state index < -0.39 is 0 Å². The van der Waals surface area contributed by atoms with E-state index >= 15 is 0 Å². The van der Waals surface area contributed by atoms with E-state index in [1.165, 1.54) is 24.9 Å². The Bertz CT molecular complexity index is 741. The first-order chi connectivity index (χ1) is 11.2. The van der Waals surface area contributed by atoms with Gasteiger partial charge in [-0.15, -0.1) is 6.58 Å². The van der Waals surface area contributed by atoms with Crippen LogP contribution in [-0.2, 0) is 0 Å². The molecule has 4 heterocycles. The summed E-state index contributed by atoms with van der Waals surface area (Å²) in [4.78, 5) is 7.09. The monoisotopic (exact) mass is 308 g/mol. The molecule has 1 N–H and O–H groups in total. The fraction of sp³-hybridized carbons (Fsp3) is 0.450. The summed E-state index contributed by atoms with van der Waals surface area (Å²) >= 11 is 0. The van der Waals surface area contributed by atoms with Gasteiger partial charge in [0.05, 0.1) is 5.52 Å². The minimum Gasteiger partial charge on any atom is -0.508 e. The zero-order chi connectivity index (χ0) is 16.0. The maximum Gasteiger partial charge on any atom is 0.116 e. The van der Waals surface area contributed by atoms with Crippen molar-refractivity contribution in [3.8, 4) is 5.75 Å². The van der Waals surface area contributed by atoms with Gasteiger partial charge in [-0.3, -0.25) is 9.88 Å². The van der Waals surface area contributed by atoms with E-state index in [1.54, 1.807) is 6.07 Å². The summed E-state index contributed by atoms with van der Waals surface area (Å²) in [6, 6.07) is 8.18. The molecule has 0 radical (unpaired) electrons. The highest BCUT2D eigenvalue weighted by molar-refractivity contribution is 5.84. The molecule has 3 nitrogen and oxygen atoms in total. The Labute approximate surface area is 137 Å². The Morgan fingerprint density at radius 1 is 1.39 bits per heavy atom. The van der Waals surface area contributed by atoms with E-state index in [2.05, 4.69) is 35.5 Å². The van der Waals surface area contributed by atoms with Crippen molar-refractivity contribution < 1.29 is 5.11 Å². The van der Waals surface area contributed by atoms with Crippen LogP contribution in [0.15, 0.2) is 43.1 Å². The minimum absolute atomic E-state index is 0.316. The van der Waals surface area contributed by atoms with E-state index in [0.29, 0.717) is 23.6 Å². The summed E-state index contributed by atoms with van der Waals surface area (Å²) in [5.74, 6) is 2.20. The Morgan fingerprint density at radius 2 is 2.26 bits per heavy atom. The van der Waals surface area contributed by atoms with Crippen LogP contribution >= 0.6 is 0 Å². The maximum absolute atomic E-state index is 9.87. The number of nitrogens with zero attached hydrogens (tertiary/aromatic N) is 2. The molecule has 3 fully saturated rings. The molecule has 3 heteroatoms. The van der Waals surface area contributed by atoms with Gasteiger partial charge in [-0.05, 0) is 67.0 Å². The number of aromatic hydroxyl groups is 1. The predicted octanol–water partition coefficient (Wildman–Crippen LogP) is 3.94. The second-order valence-electron chi connectivity index (χ2n) is 7.14. The summed E-state index contributed by atoms with van der Waals surface area (Å²) in [5.41, 5.74) is 2.27. The van der Waals surface area contributed by atoms with Gasteiger partial charge in [-0.2, -0.15) is 0 Å². The molecule has 0 amide bonds.